The van der Waals surface area contributed by atoms with E-state index in [4.69, 9.17) is 29.6 Å². The van der Waals surface area contributed by atoms with Crippen molar-refractivity contribution >= 4 is 34.5 Å². The van der Waals surface area contributed by atoms with Gasteiger partial charge in [-0.1, -0.05) is 30.7 Å². The Labute approximate surface area is 125 Å². The van der Waals surface area contributed by atoms with Gasteiger partial charge >= 0.3 is 0 Å². The lowest BCUT2D eigenvalue weighted by Gasteiger charge is -2.36. The van der Waals surface area contributed by atoms with Gasteiger partial charge in [-0.2, -0.15) is 0 Å². The molecule has 1 saturated carbocycles. The van der Waals surface area contributed by atoms with Gasteiger partial charge in [-0.15, -0.1) is 0 Å². The molecule has 2 N–H and O–H groups in total. The van der Waals surface area contributed by atoms with Crippen LogP contribution in [0.15, 0.2) is 18.2 Å². The van der Waals surface area contributed by atoms with E-state index in [0.717, 1.165) is 22.2 Å². The van der Waals surface area contributed by atoms with Crippen LogP contribution in [0, 0.1) is 5.92 Å². The summed E-state index contributed by atoms with van der Waals surface area (Å²) in [6.45, 7) is 2.33. The highest BCUT2D eigenvalue weighted by molar-refractivity contribution is 7.80. The van der Waals surface area contributed by atoms with Crippen LogP contribution in [0.25, 0.3) is 0 Å². The molecule has 0 radical (unpaired) electrons. The first-order chi connectivity index (χ1) is 8.99. The molecule has 1 aliphatic rings. The van der Waals surface area contributed by atoms with Crippen LogP contribution in [0.4, 0.5) is 5.69 Å². The summed E-state index contributed by atoms with van der Waals surface area (Å²) in [7, 11) is 2.12. The van der Waals surface area contributed by atoms with Gasteiger partial charge in [0.05, 0.1) is 0 Å². The largest absolute Gasteiger partial charge is 0.389 e. The van der Waals surface area contributed by atoms with E-state index in [1.54, 1.807) is 0 Å². The summed E-state index contributed by atoms with van der Waals surface area (Å²) in [5.74, 6) is 0.846. The van der Waals surface area contributed by atoms with Crippen LogP contribution in [-0.4, -0.2) is 18.1 Å². The molecule has 0 unspecified atom stereocenters. The van der Waals surface area contributed by atoms with Crippen molar-refractivity contribution in [3.63, 3.8) is 0 Å². The molecule has 1 aliphatic carbocycles. The number of thiocarbonyl (C=S) groups is 1. The number of benzene rings is 1. The van der Waals surface area contributed by atoms with Gasteiger partial charge < -0.3 is 10.6 Å². The van der Waals surface area contributed by atoms with Crippen molar-refractivity contribution in [3.8, 4) is 0 Å². The Morgan fingerprint density at radius 1 is 1.32 bits per heavy atom. The van der Waals surface area contributed by atoms with E-state index in [-0.39, 0.29) is 0 Å². The van der Waals surface area contributed by atoms with Gasteiger partial charge in [-0.05, 0) is 49.8 Å². The van der Waals surface area contributed by atoms with Crippen molar-refractivity contribution in [2.45, 2.75) is 38.6 Å². The fourth-order valence-electron chi connectivity index (χ4n) is 2.83. The lowest BCUT2D eigenvalue weighted by Crippen LogP contribution is -2.36. The third kappa shape index (κ3) is 3.40. The molecule has 1 fully saturated rings. The van der Waals surface area contributed by atoms with E-state index in [1.165, 1.54) is 25.7 Å². The first-order valence-electron chi connectivity index (χ1n) is 6.81. The molecule has 0 heterocycles. The van der Waals surface area contributed by atoms with Crippen LogP contribution < -0.4 is 10.6 Å². The summed E-state index contributed by atoms with van der Waals surface area (Å²) in [4.78, 5) is 2.73. The zero-order chi connectivity index (χ0) is 14.0. The predicted molar refractivity (Wildman–Crippen MR) is 87.2 cm³/mol. The topological polar surface area (TPSA) is 29.3 Å². The van der Waals surface area contributed by atoms with Gasteiger partial charge in [0.1, 0.15) is 4.99 Å². The molecule has 1 aromatic rings. The van der Waals surface area contributed by atoms with E-state index in [0.29, 0.717) is 11.0 Å². The lowest BCUT2D eigenvalue weighted by molar-refractivity contribution is 0.341. The Kier molecular flexibility index (Phi) is 4.69. The average molecular weight is 297 g/mol. The highest BCUT2D eigenvalue weighted by Crippen LogP contribution is 2.32. The second-order valence-corrected chi connectivity index (χ2v) is 6.43. The molecular formula is C15H21ClN2S. The van der Waals surface area contributed by atoms with Crippen LogP contribution in [0.5, 0.6) is 0 Å². The molecule has 2 rings (SSSR count). The van der Waals surface area contributed by atoms with E-state index < -0.39 is 0 Å². The van der Waals surface area contributed by atoms with Gasteiger partial charge in [0.15, 0.2) is 0 Å². The monoisotopic (exact) mass is 296 g/mol. The molecule has 0 saturated heterocycles. The summed E-state index contributed by atoms with van der Waals surface area (Å²) in [5, 5.41) is 0.728. The number of anilines is 1. The number of nitrogens with zero attached hydrogens (tertiary/aromatic N) is 1. The quantitative estimate of drug-likeness (QED) is 0.855. The molecule has 0 aromatic heterocycles. The van der Waals surface area contributed by atoms with Crippen LogP contribution in [0.2, 0.25) is 5.02 Å². The molecular weight excluding hydrogens is 276 g/mol. The zero-order valence-corrected chi connectivity index (χ0v) is 13.1. The van der Waals surface area contributed by atoms with Gasteiger partial charge in [-0.25, -0.2) is 0 Å². The van der Waals surface area contributed by atoms with Crippen molar-refractivity contribution in [2.24, 2.45) is 11.7 Å². The number of hydrogen-bond acceptors (Lipinski definition) is 2. The van der Waals surface area contributed by atoms with Gasteiger partial charge in [0, 0.05) is 29.4 Å². The molecule has 0 atom stereocenters. The Hall–Kier alpha value is -0.800. The van der Waals surface area contributed by atoms with Crippen molar-refractivity contribution in [2.75, 3.05) is 11.9 Å². The fraction of sp³-hybridized carbons (Fsp3) is 0.533. The predicted octanol–water partition coefficient (Wildman–Crippen LogP) is 3.99. The molecule has 4 heteroatoms. The first-order valence-corrected chi connectivity index (χ1v) is 7.60. The molecule has 19 heavy (non-hydrogen) atoms. The zero-order valence-electron chi connectivity index (χ0n) is 11.5. The van der Waals surface area contributed by atoms with E-state index in [9.17, 15) is 0 Å². The summed E-state index contributed by atoms with van der Waals surface area (Å²) in [5.41, 5.74) is 7.79. The molecule has 104 valence electrons. The van der Waals surface area contributed by atoms with E-state index >= 15 is 0 Å². The van der Waals surface area contributed by atoms with Gasteiger partial charge in [0.2, 0.25) is 0 Å². The van der Waals surface area contributed by atoms with Crippen LogP contribution in [0.3, 0.4) is 0 Å². The minimum atomic E-state index is 0.433. The molecule has 0 aliphatic heterocycles. The standard InChI is InChI=1S/C15H21ClN2S/c1-10-3-6-12(7-4-10)18(2)14-9-11(16)5-8-13(14)15(17)19/h5,8-10,12H,3-4,6-7H2,1-2H3,(H2,17,19). The average Bonchev–Trinajstić information content (AvgIpc) is 2.38. The molecule has 0 bridgehead atoms. The van der Waals surface area contributed by atoms with Gasteiger partial charge in [-0.3, -0.25) is 0 Å². The third-order valence-electron chi connectivity index (χ3n) is 4.14. The molecule has 2 nitrogen and oxygen atoms in total. The second-order valence-electron chi connectivity index (χ2n) is 5.55. The maximum atomic E-state index is 6.12. The van der Waals surface area contributed by atoms with Crippen LogP contribution >= 0.6 is 23.8 Å². The van der Waals surface area contributed by atoms with Crippen LogP contribution in [-0.2, 0) is 0 Å². The Bertz CT molecular complexity index is 467. The van der Waals surface area contributed by atoms with Crippen molar-refractivity contribution < 1.29 is 0 Å². The van der Waals surface area contributed by atoms with Gasteiger partial charge in [0.25, 0.3) is 0 Å². The SMILES string of the molecule is CC1CCC(N(C)c2cc(Cl)ccc2C(N)=S)CC1. The van der Waals surface area contributed by atoms with Crippen molar-refractivity contribution in [1.82, 2.24) is 0 Å². The number of hydrogen-bond donors (Lipinski definition) is 1. The number of halogens is 1. The summed E-state index contributed by atoms with van der Waals surface area (Å²) in [6, 6.07) is 6.29. The highest BCUT2D eigenvalue weighted by Gasteiger charge is 2.23. The van der Waals surface area contributed by atoms with E-state index in [2.05, 4.69) is 18.9 Å². The molecule has 1 aromatic carbocycles. The Morgan fingerprint density at radius 3 is 2.53 bits per heavy atom. The molecule has 0 amide bonds. The van der Waals surface area contributed by atoms with Crippen molar-refractivity contribution in [1.29, 1.82) is 0 Å². The summed E-state index contributed by atoms with van der Waals surface area (Å²) >= 11 is 11.3. The number of nitrogens with two attached hydrogens (primary N) is 1. The normalized spacial score (nSPS) is 23.1. The maximum Gasteiger partial charge on any atom is 0.106 e. The van der Waals surface area contributed by atoms with E-state index in [1.807, 2.05) is 18.2 Å². The smallest absolute Gasteiger partial charge is 0.106 e. The summed E-state index contributed by atoms with van der Waals surface area (Å²) < 4.78 is 0. The second kappa shape index (κ2) is 6.10. The Balaban J connectivity index is 2.25. The van der Waals surface area contributed by atoms with Crippen molar-refractivity contribution in [3.05, 3.63) is 28.8 Å². The Morgan fingerprint density at radius 2 is 1.95 bits per heavy atom. The lowest BCUT2D eigenvalue weighted by atomic mass is 9.86. The minimum absolute atomic E-state index is 0.433. The number of rotatable bonds is 3. The maximum absolute atomic E-state index is 6.12. The third-order valence-corrected chi connectivity index (χ3v) is 4.59. The highest BCUT2D eigenvalue weighted by atomic mass is 35.5. The fourth-order valence-corrected chi connectivity index (χ4v) is 3.17. The first kappa shape index (κ1) is 14.6. The summed E-state index contributed by atoms with van der Waals surface area (Å²) in [6.07, 6.45) is 5.03. The molecule has 0 spiro atoms. The minimum Gasteiger partial charge on any atom is -0.389 e. The van der Waals surface area contributed by atoms with Crippen LogP contribution in [0.1, 0.15) is 38.2 Å².